The Hall–Kier alpha value is -2.38. The molecular formula is C15H19N3O4. The van der Waals surface area contributed by atoms with E-state index >= 15 is 0 Å². The molecule has 0 bridgehead atoms. The van der Waals surface area contributed by atoms with Gasteiger partial charge in [0.15, 0.2) is 5.54 Å². The maximum absolute atomic E-state index is 12.0. The second-order valence-electron chi connectivity index (χ2n) is 4.59. The molecule has 1 amide bonds. The highest BCUT2D eigenvalue weighted by molar-refractivity contribution is 6.04. The lowest BCUT2D eigenvalue weighted by atomic mass is 9.89. The second-order valence-corrected chi connectivity index (χ2v) is 4.59. The fraction of sp³-hybridized carbons (Fsp3) is 0.333. The number of rotatable bonds is 8. The number of nitrogens with two attached hydrogens (primary N) is 1. The highest BCUT2D eigenvalue weighted by Gasteiger charge is 2.39. The quantitative estimate of drug-likeness (QED) is 0.582. The fourth-order valence-electron chi connectivity index (χ4n) is 2.11. The Kier molecular flexibility index (Phi) is 5.51. The predicted octanol–water partition coefficient (Wildman–Crippen LogP) is -0.0999. The molecule has 0 saturated carbocycles. The number of carbonyl (C=O) groups is 1. The summed E-state index contributed by atoms with van der Waals surface area (Å²) in [6.45, 7) is 0.849. The van der Waals surface area contributed by atoms with Crippen LogP contribution in [0.5, 0.6) is 5.75 Å². The molecule has 22 heavy (non-hydrogen) atoms. The van der Waals surface area contributed by atoms with Crippen LogP contribution in [0, 0.1) is 0 Å². The van der Waals surface area contributed by atoms with E-state index in [4.69, 9.17) is 20.3 Å². The Morgan fingerprint density at radius 1 is 1.32 bits per heavy atom. The summed E-state index contributed by atoms with van der Waals surface area (Å²) in [5.41, 5.74) is 4.91. The number of primary amides is 1. The van der Waals surface area contributed by atoms with Gasteiger partial charge in [-0.1, -0.05) is 18.2 Å². The van der Waals surface area contributed by atoms with Gasteiger partial charge in [0.2, 0.25) is 0 Å². The topological polar surface area (TPSA) is 106 Å². The molecule has 118 valence electrons. The molecule has 1 aromatic rings. The van der Waals surface area contributed by atoms with Gasteiger partial charge in [-0.3, -0.25) is 9.79 Å². The first-order chi connectivity index (χ1) is 10.7. The molecular weight excluding hydrogens is 286 g/mol. The van der Waals surface area contributed by atoms with Crippen molar-refractivity contribution in [2.45, 2.75) is 5.54 Å². The van der Waals surface area contributed by atoms with Gasteiger partial charge in [-0.15, -0.1) is 0 Å². The van der Waals surface area contributed by atoms with Crippen molar-refractivity contribution >= 4 is 12.1 Å². The molecule has 1 atom stereocenters. The van der Waals surface area contributed by atoms with Crippen molar-refractivity contribution in [2.75, 3.05) is 26.4 Å². The molecule has 1 aliphatic heterocycles. The molecule has 7 nitrogen and oxygen atoms in total. The van der Waals surface area contributed by atoms with Crippen molar-refractivity contribution in [1.82, 2.24) is 5.32 Å². The molecule has 7 heteroatoms. The van der Waals surface area contributed by atoms with Crippen LogP contribution in [0.25, 0.3) is 0 Å². The molecule has 0 saturated heterocycles. The first-order valence-corrected chi connectivity index (χ1v) is 6.88. The number of benzene rings is 1. The largest absolute Gasteiger partial charge is 0.491 e. The monoisotopic (exact) mass is 305 g/mol. The minimum atomic E-state index is -1.24. The number of hydrogen-bond donors (Lipinski definition) is 3. The van der Waals surface area contributed by atoms with E-state index in [1.54, 1.807) is 30.5 Å². The van der Waals surface area contributed by atoms with Crippen molar-refractivity contribution in [3.8, 4) is 5.75 Å². The molecule has 1 heterocycles. The van der Waals surface area contributed by atoms with E-state index in [1.807, 2.05) is 0 Å². The van der Waals surface area contributed by atoms with Crippen LogP contribution in [0.4, 0.5) is 0 Å². The second kappa shape index (κ2) is 7.58. The number of nitrogens with zero attached hydrogens (tertiary/aromatic N) is 1. The maximum atomic E-state index is 12.0. The summed E-state index contributed by atoms with van der Waals surface area (Å²) >= 11 is 0. The summed E-state index contributed by atoms with van der Waals surface area (Å²) < 4.78 is 10.8. The summed E-state index contributed by atoms with van der Waals surface area (Å²) in [6.07, 6.45) is 4.55. The molecule has 0 aromatic heterocycles. The third-order valence-electron chi connectivity index (χ3n) is 3.16. The number of para-hydroxylation sites is 1. The molecule has 1 aromatic carbocycles. The molecule has 0 radical (unpaired) electrons. The van der Waals surface area contributed by atoms with Gasteiger partial charge < -0.3 is 25.6 Å². The van der Waals surface area contributed by atoms with E-state index in [9.17, 15) is 4.79 Å². The van der Waals surface area contributed by atoms with E-state index in [-0.39, 0.29) is 13.2 Å². The van der Waals surface area contributed by atoms with Crippen LogP contribution in [-0.2, 0) is 15.1 Å². The van der Waals surface area contributed by atoms with Crippen LogP contribution in [0.2, 0.25) is 0 Å². The highest BCUT2D eigenvalue weighted by Crippen LogP contribution is 2.30. The van der Waals surface area contributed by atoms with Crippen molar-refractivity contribution < 1.29 is 19.4 Å². The Bertz CT molecular complexity index is 574. The van der Waals surface area contributed by atoms with Crippen molar-refractivity contribution in [3.05, 3.63) is 42.2 Å². The van der Waals surface area contributed by atoms with E-state index < -0.39 is 11.4 Å². The standard InChI is InChI=1S/C15H19N3O4/c16-14(20)15(11-17-5-6-18-15)12-3-1-2-4-13(12)22-10-9-21-8-7-19/h1-6,11,18-19H,7-10H2,(H2,16,20). The van der Waals surface area contributed by atoms with Gasteiger partial charge in [0.1, 0.15) is 12.4 Å². The van der Waals surface area contributed by atoms with Crippen LogP contribution in [-0.4, -0.2) is 43.7 Å². The lowest BCUT2D eigenvalue weighted by Crippen LogP contribution is -2.53. The van der Waals surface area contributed by atoms with Gasteiger partial charge in [0.25, 0.3) is 5.91 Å². The Labute approximate surface area is 128 Å². The number of aliphatic imine (C=N–C) groups is 1. The van der Waals surface area contributed by atoms with Crippen LogP contribution in [0.15, 0.2) is 41.7 Å². The SMILES string of the molecule is NC(=O)C1(c2ccccc2OCCOCCO)C=NC=CN1. The molecule has 0 fully saturated rings. The first kappa shape index (κ1) is 16.0. The number of hydrogen-bond acceptors (Lipinski definition) is 6. The minimum absolute atomic E-state index is 0.0336. The summed E-state index contributed by atoms with van der Waals surface area (Å²) in [4.78, 5) is 16.0. The minimum Gasteiger partial charge on any atom is -0.491 e. The molecule has 1 unspecified atom stereocenters. The van der Waals surface area contributed by atoms with Gasteiger partial charge in [-0.05, 0) is 6.07 Å². The first-order valence-electron chi connectivity index (χ1n) is 6.88. The van der Waals surface area contributed by atoms with Crippen LogP contribution < -0.4 is 15.8 Å². The van der Waals surface area contributed by atoms with E-state index in [0.717, 1.165) is 0 Å². The van der Waals surface area contributed by atoms with Crippen molar-refractivity contribution in [2.24, 2.45) is 10.7 Å². The number of ether oxygens (including phenoxy) is 2. The summed E-state index contributed by atoms with van der Waals surface area (Å²) in [6, 6.07) is 7.10. The molecule has 2 rings (SSSR count). The third-order valence-corrected chi connectivity index (χ3v) is 3.16. The predicted molar refractivity (Wildman–Crippen MR) is 81.5 cm³/mol. The Balaban J connectivity index is 2.18. The highest BCUT2D eigenvalue weighted by atomic mass is 16.5. The number of aliphatic hydroxyl groups excluding tert-OH is 1. The summed E-state index contributed by atoms with van der Waals surface area (Å²) in [7, 11) is 0. The molecule has 4 N–H and O–H groups in total. The van der Waals surface area contributed by atoms with Gasteiger partial charge in [0.05, 0.1) is 19.8 Å². The Morgan fingerprint density at radius 3 is 2.82 bits per heavy atom. The normalized spacial score (nSPS) is 19.7. The van der Waals surface area contributed by atoms with Gasteiger partial charge >= 0.3 is 0 Å². The number of nitrogens with one attached hydrogen (secondary N) is 1. The number of carbonyl (C=O) groups excluding carboxylic acids is 1. The van der Waals surface area contributed by atoms with Gasteiger partial charge in [0, 0.05) is 24.2 Å². The third kappa shape index (κ3) is 3.44. The molecule has 0 spiro atoms. The smallest absolute Gasteiger partial charge is 0.253 e. The summed E-state index contributed by atoms with van der Waals surface area (Å²) in [5.74, 6) is -0.0590. The fourth-order valence-corrected chi connectivity index (χ4v) is 2.11. The Morgan fingerprint density at radius 2 is 2.14 bits per heavy atom. The number of aliphatic hydroxyl groups is 1. The van der Waals surface area contributed by atoms with Crippen LogP contribution >= 0.6 is 0 Å². The van der Waals surface area contributed by atoms with E-state index in [1.165, 1.54) is 12.4 Å². The molecule has 1 aliphatic rings. The van der Waals surface area contributed by atoms with E-state index in [2.05, 4.69) is 10.3 Å². The van der Waals surface area contributed by atoms with Gasteiger partial charge in [-0.2, -0.15) is 0 Å². The van der Waals surface area contributed by atoms with Crippen molar-refractivity contribution in [3.63, 3.8) is 0 Å². The lowest BCUT2D eigenvalue weighted by molar-refractivity contribution is -0.121. The zero-order valence-electron chi connectivity index (χ0n) is 12.1. The maximum Gasteiger partial charge on any atom is 0.253 e. The van der Waals surface area contributed by atoms with Crippen LogP contribution in [0.1, 0.15) is 5.56 Å². The average molecular weight is 305 g/mol. The lowest BCUT2D eigenvalue weighted by Gasteiger charge is -2.30. The zero-order chi connectivity index (χ0) is 15.8. The van der Waals surface area contributed by atoms with Gasteiger partial charge in [-0.25, -0.2) is 0 Å². The van der Waals surface area contributed by atoms with E-state index in [0.29, 0.717) is 24.5 Å². The number of amides is 1. The zero-order valence-corrected chi connectivity index (χ0v) is 12.1. The van der Waals surface area contributed by atoms with Crippen molar-refractivity contribution in [1.29, 1.82) is 0 Å². The average Bonchev–Trinajstić information content (AvgIpc) is 2.55. The molecule has 0 aliphatic carbocycles. The van der Waals surface area contributed by atoms with Crippen LogP contribution in [0.3, 0.4) is 0 Å². The summed E-state index contributed by atoms with van der Waals surface area (Å²) in [5, 5.41) is 11.6.